The van der Waals surface area contributed by atoms with Crippen LogP contribution in [-0.2, 0) is 23.9 Å². The number of Topliss-reactive ketones (excluding diaryl/α,β-unsaturated/α-hetero) is 1. The number of amides is 4. The predicted molar refractivity (Wildman–Crippen MR) is 180 cm³/mol. The van der Waals surface area contributed by atoms with Crippen molar-refractivity contribution >= 4 is 29.6 Å². The van der Waals surface area contributed by atoms with E-state index >= 15 is 0 Å². The van der Waals surface area contributed by atoms with Crippen LogP contribution in [-0.4, -0.2) is 83.4 Å². The zero-order valence-electron chi connectivity index (χ0n) is 29.8. The van der Waals surface area contributed by atoms with Crippen molar-refractivity contribution < 1.29 is 28.7 Å². The van der Waals surface area contributed by atoms with Crippen LogP contribution in [0.25, 0.3) is 0 Å². The van der Waals surface area contributed by atoms with Crippen LogP contribution in [0.2, 0.25) is 0 Å². The third-order valence-corrected chi connectivity index (χ3v) is 8.93. The third-order valence-electron chi connectivity index (χ3n) is 8.93. The molecule has 1 heterocycles. The molecule has 262 valence electrons. The van der Waals surface area contributed by atoms with Crippen LogP contribution in [0, 0.1) is 17.3 Å². The number of carbonyl (C=O) groups is 5. The Balaban J connectivity index is 2.11. The number of rotatable bonds is 15. The highest BCUT2D eigenvalue weighted by molar-refractivity contribution is 5.95. The second-order valence-corrected chi connectivity index (χ2v) is 15.8. The number of ether oxygens (including phenoxy) is 1. The van der Waals surface area contributed by atoms with Crippen molar-refractivity contribution in [3.05, 3.63) is 12.7 Å². The van der Waals surface area contributed by atoms with E-state index in [0.717, 1.165) is 25.7 Å². The van der Waals surface area contributed by atoms with Gasteiger partial charge < -0.3 is 30.9 Å². The van der Waals surface area contributed by atoms with E-state index in [1.54, 1.807) is 11.0 Å². The Labute approximate surface area is 276 Å². The number of esters is 1. The van der Waals surface area contributed by atoms with Crippen molar-refractivity contribution in [2.75, 3.05) is 19.6 Å². The number of nitrogens with zero attached hydrogens (tertiary/aromatic N) is 1. The zero-order chi connectivity index (χ0) is 34.9. The summed E-state index contributed by atoms with van der Waals surface area (Å²) in [6.45, 7) is 21.7. The first kappa shape index (κ1) is 39.2. The maximum Gasteiger partial charge on any atom is 0.315 e. The highest BCUT2D eigenvalue weighted by Crippen LogP contribution is 2.33. The fourth-order valence-corrected chi connectivity index (χ4v) is 6.11. The molecule has 1 aliphatic carbocycles. The summed E-state index contributed by atoms with van der Waals surface area (Å²) in [5.41, 5.74) is -1.51. The summed E-state index contributed by atoms with van der Waals surface area (Å²) >= 11 is 0. The molecule has 4 N–H and O–H groups in total. The molecule has 46 heavy (non-hydrogen) atoms. The Morgan fingerprint density at radius 3 is 2.20 bits per heavy atom. The van der Waals surface area contributed by atoms with E-state index in [-0.39, 0.29) is 54.9 Å². The molecule has 0 aromatic heterocycles. The molecular formula is C35H61N5O6. The maximum atomic E-state index is 14.1. The lowest BCUT2D eigenvalue weighted by atomic mass is 9.85. The molecule has 2 fully saturated rings. The van der Waals surface area contributed by atoms with Crippen LogP contribution in [0.1, 0.15) is 114 Å². The molecule has 1 aliphatic heterocycles. The average molecular weight is 648 g/mol. The van der Waals surface area contributed by atoms with Crippen molar-refractivity contribution in [1.29, 1.82) is 0 Å². The topological polar surface area (TPSA) is 146 Å². The van der Waals surface area contributed by atoms with Crippen LogP contribution in [0.5, 0.6) is 0 Å². The van der Waals surface area contributed by atoms with Gasteiger partial charge in [-0.25, -0.2) is 4.79 Å². The molecule has 0 aromatic carbocycles. The highest BCUT2D eigenvalue weighted by Gasteiger charge is 2.46. The van der Waals surface area contributed by atoms with E-state index < -0.39 is 40.7 Å². The van der Waals surface area contributed by atoms with Gasteiger partial charge in [-0.2, -0.15) is 0 Å². The van der Waals surface area contributed by atoms with E-state index in [1.807, 2.05) is 48.5 Å². The monoisotopic (exact) mass is 647 g/mol. The number of hydrogen-bond acceptors (Lipinski definition) is 7. The van der Waals surface area contributed by atoms with Gasteiger partial charge in [-0.05, 0) is 89.9 Å². The number of nitrogens with one attached hydrogen (secondary N) is 4. The second kappa shape index (κ2) is 16.7. The minimum Gasteiger partial charge on any atom is -0.459 e. The molecule has 0 bridgehead atoms. The smallest absolute Gasteiger partial charge is 0.315 e. The lowest BCUT2D eigenvalue weighted by molar-refractivity contribution is -0.157. The van der Waals surface area contributed by atoms with Gasteiger partial charge in [0.2, 0.25) is 11.8 Å². The summed E-state index contributed by atoms with van der Waals surface area (Å²) in [7, 11) is 0. The summed E-state index contributed by atoms with van der Waals surface area (Å²) in [5.74, 6) is -0.906. The standard InChI is InChI=1S/C35H61N5O6/c1-11-12-15-25(27(41)21-36-19-16-28(42)46-35(10)17-13-14-18-35)37-30(43)26-20-24(23(2)3)22-40(26)31(44)29(33(4,5)6)38-32(45)39-34(7,8)9/h11,23-26,29,36H,1,12-22H2,2-10H3,(H,37,43)(H2,38,39,45)/t24-,25?,26+,29-/m1/s1. The highest BCUT2D eigenvalue weighted by atomic mass is 16.6. The molecule has 0 radical (unpaired) electrons. The van der Waals surface area contributed by atoms with Gasteiger partial charge in [0, 0.05) is 18.6 Å². The van der Waals surface area contributed by atoms with Gasteiger partial charge in [0.25, 0.3) is 0 Å². The third kappa shape index (κ3) is 12.3. The van der Waals surface area contributed by atoms with Crippen LogP contribution in [0.15, 0.2) is 12.7 Å². The van der Waals surface area contributed by atoms with Crippen LogP contribution < -0.4 is 21.3 Å². The van der Waals surface area contributed by atoms with E-state index in [1.165, 1.54) is 0 Å². The minimum atomic E-state index is -0.874. The lowest BCUT2D eigenvalue weighted by Gasteiger charge is -2.36. The van der Waals surface area contributed by atoms with Crippen LogP contribution in [0.3, 0.4) is 0 Å². The van der Waals surface area contributed by atoms with E-state index in [0.29, 0.717) is 25.8 Å². The van der Waals surface area contributed by atoms with E-state index in [9.17, 15) is 24.0 Å². The first-order valence-electron chi connectivity index (χ1n) is 17.0. The van der Waals surface area contributed by atoms with Crippen molar-refractivity contribution in [3.8, 4) is 0 Å². The normalized spacial score (nSPS) is 21.0. The van der Waals surface area contributed by atoms with Crippen molar-refractivity contribution in [2.24, 2.45) is 17.3 Å². The van der Waals surface area contributed by atoms with Gasteiger partial charge in [0.15, 0.2) is 5.78 Å². The Morgan fingerprint density at radius 1 is 1.02 bits per heavy atom. The van der Waals surface area contributed by atoms with Gasteiger partial charge in [0.1, 0.15) is 17.7 Å². The number of hydrogen-bond donors (Lipinski definition) is 4. The van der Waals surface area contributed by atoms with Crippen molar-refractivity contribution in [3.63, 3.8) is 0 Å². The Bertz CT molecular complexity index is 1090. The summed E-state index contributed by atoms with van der Waals surface area (Å²) in [5, 5.41) is 11.7. The summed E-state index contributed by atoms with van der Waals surface area (Å²) < 4.78 is 5.66. The van der Waals surface area contributed by atoms with E-state index in [4.69, 9.17) is 4.74 Å². The van der Waals surface area contributed by atoms with Gasteiger partial charge in [-0.1, -0.05) is 40.7 Å². The summed E-state index contributed by atoms with van der Waals surface area (Å²) in [6.07, 6.45) is 7.05. The van der Waals surface area contributed by atoms with Crippen LogP contribution in [0.4, 0.5) is 4.79 Å². The molecule has 2 rings (SSSR count). The fourth-order valence-electron chi connectivity index (χ4n) is 6.11. The number of urea groups is 1. The van der Waals surface area contributed by atoms with Crippen molar-refractivity contribution in [2.45, 2.75) is 143 Å². The summed E-state index contributed by atoms with van der Waals surface area (Å²) in [4.78, 5) is 68.0. The molecule has 0 aromatic rings. The Kier molecular flexibility index (Phi) is 14.3. The van der Waals surface area contributed by atoms with Gasteiger partial charge in [-0.15, -0.1) is 6.58 Å². The SMILES string of the molecule is C=CCCC(NC(=O)[C@@H]1C[C@@H](C(C)C)CN1C(=O)[C@@H](NC(=O)NC(C)(C)C)C(C)(C)C)C(=O)CNCCC(=O)OC1(C)CCCC1. The second-order valence-electron chi connectivity index (χ2n) is 15.8. The molecule has 1 unspecified atom stereocenters. The maximum absolute atomic E-state index is 14.1. The largest absolute Gasteiger partial charge is 0.459 e. The number of likely N-dealkylation sites (tertiary alicyclic amines) is 1. The minimum absolute atomic E-state index is 0.0204. The predicted octanol–water partition coefficient (Wildman–Crippen LogP) is 4.25. The molecular weight excluding hydrogens is 586 g/mol. The Hall–Kier alpha value is -2.95. The van der Waals surface area contributed by atoms with Crippen LogP contribution >= 0.6 is 0 Å². The number of carbonyl (C=O) groups excluding carboxylic acids is 5. The number of allylic oxidation sites excluding steroid dienone is 1. The quantitative estimate of drug-likeness (QED) is 0.118. The molecule has 11 nitrogen and oxygen atoms in total. The zero-order valence-corrected chi connectivity index (χ0v) is 29.8. The van der Waals surface area contributed by atoms with Gasteiger partial charge >= 0.3 is 12.0 Å². The molecule has 4 amide bonds. The molecule has 11 heteroatoms. The van der Waals surface area contributed by atoms with Gasteiger partial charge in [0.05, 0.1) is 19.0 Å². The first-order chi connectivity index (χ1) is 21.3. The molecule has 1 saturated carbocycles. The first-order valence-corrected chi connectivity index (χ1v) is 17.0. The fraction of sp³-hybridized carbons (Fsp3) is 0.800. The van der Waals surface area contributed by atoms with Gasteiger partial charge in [-0.3, -0.25) is 19.2 Å². The molecule has 4 atom stereocenters. The molecule has 0 spiro atoms. The molecule has 1 saturated heterocycles. The van der Waals surface area contributed by atoms with Crippen molar-refractivity contribution in [1.82, 2.24) is 26.2 Å². The lowest BCUT2D eigenvalue weighted by Crippen LogP contribution is -2.61. The summed E-state index contributed by atoms with van der Waals surface area (Å²) in [6, 6.07) is -2.89. The van der Waals surface area contributed by atoms with E-state index in [2.05, 4.69) is 41.7 Å². The number of ketones is 1. The molecule has 2 aliphatic rings. The average Bonchev–Trinajstić information content (AvgIpc) is 3.57. The Morgan fingerprint density at radius 2 is 1.65 bits per heavy atom.